The van der Waals surface area contributed by atoms with E-state index in [-0.39, 0.29) is 17.9 Å². The van der Waals surface area contributed by atoms with Crippen molar-refractivity contribution in [3.05, 3.63) is 11.8 Å². The fraction of sp³-hybridized carbons (Fsp3) is 0.812. The van der Waals surface area contributed by atoms with Gasteiger partial charge in [-0.2, -0.15) is 11.8 Å². The van der Waals surface area contributed by atoms with Gasteiger partial charge in [0.1, 0.15) is 6.04 Å². The monoisotopic (exact) mass is 354 g/mol. The molecule has 1 amide bonds. The highest BCUT2D eigenvalue weighted by atomic mass is 32.2. The summed E-state index contributed by atoms with van der Waals surface area (Å²) in [5, 5.41) is 8.23. The zero-order valence-electron chi connectivity index (χ0n) is 14.6. The Morgan fingerprint density at radius 2 is 2.29 bits per heavy atom. The second-order valence-corrected chi connectivity index (χ2v) is 7.89. The van der Waals surface area contributed by atoms with Crippen molar-refractivity contribution in [2.45, 2.75) is 38.3 Å². The normalized spacial score (nSPS) is 25.0. The summed E-state index contributed by atoms with van der Waals surface area (Å²) >= 11 is 1.96. The van der Waals surface area contributed by atoms with Crippen molar-refractivity contribution in [1.29, 1.82) is 0 Å². The van der Waals surface area contributed by atoms with Gasteiger partial charge in [0.2, 0.25) is 17.7 Å². The molecule has 8 heteroatoms. The molecule has 2 aliphatic heterocycles. The number of ether oxygens (including phenoxy) is 1. The molecule has 1 aromatic rings. The maximum Gasteiger partial charge on any atom is 0.241 e. The standard InChI is InChI=1S/C16H26N4O3S/c1-11(2)15-17-18-16(23-15)13-9-22-6-5-20(13)14(21)8-19(3)12-4-7-24-10-12/h11-13H,4-10H2,1-3H3. The topological polar surface area (TPSA) is 71.7 Å². The van der Waals surface area contributed by atoms with Crippen LogP contribution in [-0.4, -0.2) is 76.8 Å². The summed E-state index contributed by atoms with van der Waals surface area (Å²) in [5.41, 5.74) is 0. The van der Waals surface area contributed by atoms with Gasteiger partial charge in [0.05, 0.1) is 19.8 Å². The molecular weight excluding hydrogens is 328 g/mol. The van der Waals surface area contributed by atoms with E-state index < -0.39 is 0 Å². The third kappa shape index (κ3) is 3.92. The lowest BCUT2D eigenvalue weighted by molar-refractivity contribution is -0.142. The quantitative estimate of drug-likeness (QED) is 0.794. The van der Waals surface area contributed by atoms with Crippen LogP contribution in [0.4, 0.5) is 0 Å². The molecule has 0 aliphatic carbocycles. The summed E-state index contributed by atoms with van der Waals surface area (Å²) in [5.74, 6) is 3.65. The Balaban J connectivity index is 1.67. The van der Waals surface area contributed by atoms with Crippen molar-refractivity contribution in [2.75, 3.05) is 44.9 Å². The number of nitrogens with zero attached hydrogens (tertiary/aromatic N) is 4. The fourth-order valence-corrected chi connectivity index (χ4v) is 4.32. The lowest BCUT2D eigenvalue weighted by Gasteiger charge is -2.35. The molecule has 0 bridgehead atoms. The first-order chi connectivity index (χ1) is 11.6. The van der Waals surface area contributed by atoms with Crippen LogP contribution in [0.3, 0.4) is 0 Å². The van der Waals surface area contributed by atoms with E-state index in [4.69, 9.17) is 9.15 Å². The fourth-order valence-electron chi connectivity index (χ4n) is 3.02. The molecule has 0 aromatic carbocycles. The van der Waals surface area contributed by atoms with Crippen molar-refractivity contribution in [3.63, 3.8) is 0 Å². The van der Waals surface area contributed by atoms with Crippen LogP contribution in [0.1, 0.15) is 44.0 Å². The summed E-state index contributed by atoms with van der Waals surface area (Å²) in [6, 6.07) is 0.215. The van der Waals surface area contributed by atoms with Crippen LogP contribution >= 0.6 is 11.8 Å². The molecule has 1 aromatic heterocycles. The van der Waals surface area contributed by atoms with Gasteiger partial charge >= 0.3 is 0 Å². The van der Waals surface area contributed by atoms with Gasteiger partial charge in [0.25, 0.3) is 0 Å². The lowest BCUT2D eigenvalue weighted by Crippen LogP contribution is -2.48. The first kappa shape index (κ1) is 17.7. The molecule has 24 heavy (non-hydrogen) atoms. The predicted octanol–water partition coefficient (Wildman–Crippen LogP) is 1.53. The van der Waals surface area contributed by atoms with Crippen LogP contribution in [0.2, 0.25) is 0 Å². The van der Waals surface area contributed by atoms with Crippen LogP contribution < -0.4 is 0 Å². The van der Waals surface area contributed by atoms with Gasteiger partial charge < -0.3 is 14.1 Å². The molecular formula is C16H26N4O3S. The minimum Gasteiger partial charge on any atom is -0.423 e. The van der Waals surface area contributed by atoms with Crippen molar-refractivity contribution in [3.8, 4) is 0 Å². The van der Waals surface area contributed by atoms with Gasteiger partial charge in [-0.3, -0.25) is 9.69 Å². The summed E-state index contributed by atoms with van der Waals surface area (Å²) in [4.78, 5) is 16.8. The zero-order valence-corrected chi connectivity index (χ0v) is 15.4. The molecule has 2 saturated heterocycles. The predicted molar refractivity (Wildman–Crippen MR) is 92.0 cm³/mol. The Morgan fingerprint density at radius 3 is 2.96 bits per heavy atom. The van der Waals surface area contributed by atoms with E-state index in [1.54, 1.807) is 0 Å². The molecule has 0 spiro atoms. The van der Waals surface area contributed by atoms with Crippen LogP contribution in [0.25, 0.3) is 0 Å². The summed E-state index contributed by atoms with van der Waals surface area (Å²) in [6.07, 6.45) is 1.16. The smallest absolute Gasteiger partial charge is 0.241 e. The highest BCUT2D eigenvalue weighted by Gasteiger charge is 2.34. The van der Waals surface area contributed by atoms with Gasteiger partial charge in [-0.15, -0.1) is 10.2 Å². The number of hydrogen-bond acceptors (Lipinski definition) is 7. The molecule has 3 rings (SSSR count). The SMILES string of the molecule is CC(C)c1nnc(C2COCCN2C(=O)CN(C)C2CCSC2)o1. The number of thioether (sulfide) groups is 1. The third-order valence-corrected chi connectivity index (χ3v) is 5.74. The van der Waals surface area contributed by atoms with Gasteiger partial charge in [0.15, 0.2) is 0 Å². The van der Waals surface area contributed by atoms with E-state index in [1.165, 1.54) is 5.75 Å². The second kappa shape index (κ2) is 7.84. The van der Waals surface area contributed by atoms with E-state index >= 15 is 0 Å². The Labute approximate surface area is 147 Å². The van der Waals surface area contributed by atoms with Gasteiger partial charge in [-0.25, -0.2) is 0 Å². The van der Waals surface area contributed by atoms with Crippen molar-refractivity contribution in [1.82, 2.24) is 20.0 Å². The second-order valence-electron chi connectivity index (χ2n) is 6.74. The van der Waals surface area contributed by atoms with Crippen LogP contribution in [0, 0.1) is 0 Å². The molecule has 2 unspecified atom stereocenters. The van der Waals surface area contributed by atoms with Gasteiger partial charge in [-0.1, -0.05) is 13.8 Å². The molecule has 0 N–H and O–H groups in total. The molecule has 2 aliphatic rings. The van der Waals surface area contributed by atoms with Crippen LogP contribution in [-0.2, 0) is 9.53 Å². The van der Waals surface area contributed by atoms with E-state index in [1.807, 2.05) is 37.6 Å². The van der Waals surface area contributed by atoms with E-state index in [9.17, 15) is 4.79 Å². The molecule has 0 saturated carbocycles. The van der Waals surface area contributed by atoms with Gasteiger partial charge in [0, 0.05) is 24.3 Å². The minimum atomic E-state index is -0.280. The average Bonchev–Trinajstić information content (AvgIpc) is 3.26. The molecule has 2 atom stereocenters. The maximum atomic E-state index is 12.8. The number of aromatic nitrogens is 2. The summed E-state index contributed by atoms with van der Waals surface area (Å²) in [7, 11) is 2.04. The number of carbonyl (C=O) groups excluding carboxylic acids is 1. The van der Waals surface area contributed by atoms with Crippen LogP contribution in [0.15, 0.2) is 4.42 Å². The van der Waals surface area contributed by atoms with Crippen molar-refractivity contribution < 1.29 is 13.9 Å². The molecule has 0 radical (unpaired) electrons. The number of morpholine rings is 1. The zero-order chi connectivity index (χ0) is 17.1. The minimum absolute atomic E-state index is 0.104. The first-order valence-electron chi connectivity index (χ1n) is 8.54. The Bertz CT molecular complexity index is 559. The molecule has 2 fully saturated rings. The van der Waals surface area contributed by atoms with E-state index in [0.29, 0.717) is 44.1 Å². The summed E-state index contributed by atoms with van der Waals surface area (Å²) in [6.45, 7) is 5.96. The van der Waals surface area contributed by atoms with E-state index in [2.05, 4.69) is 15.1 Å². The molecule has 134 valence electrons. The Morgan fingerprint density at radius 1 is 1.46 bits per heavy atom. The first-order valence-corrected chi connectivity index (χ1v) is 9.70. The average molecular weight is 354 g/mol. The summed E-state index contributed by atoms with van der Waals surface area (Å²) < 4.78 is 11.3. The number of hydrogen-bond donors (Lipinski definition) is 0. The lowest BCUT2D eigenvalue weighted by atomic mass is 10.2. The van der Waals surface area contributed by atoms with Gasteiger partial charge in [-0.05, 0) is 19.2 Å². The maximum absolute atomic E-state index is 12.8. The van der Waals surface area contributed by atoms with Crippen LogP contribution in [0.5, 0.6) is 0 Å². The Kier molecular flexibility index (Phi) is 5.78. The molecule has 3 heterocycles. The number of rotatable bonds is 5. The Hall–Kier alpha value is -1.12. The third-order valence-electron chi connectivity index (χ3n) is 4.60. The number of likely N-dealkylation sites (N-methyl/N-ethyl adjacent to an activating group) is 1. The largest absolute Gasteiger partial charge is 0.423 e. The van der Waals surface area contributed by atoms with E-state index in [0.717, 1.165) is 12.2 Å². The van der Waals surface area contributed by atoms with Crippen molar-refractivity contribution in [2.24, 2.45) is 0 Å². The van der Waals surface area contributed by atoms with Crippen molar-refractivity contribution >= 4 is 17.7 Å². The highest BCUT2D eigenvalue weighted by Crippen LogP contribution is 2.26. The molecule has 7 nitrogen and oxygen atoms in total. The number of carbonyl (C=O) groups is 1. The highest BCUT2D eigenvalue weighted by molar-refractivity contribution is 7.99. The number of amides is 1.